The average Bonchev–Trinajstić information content (AvgIpc) is 2.75. The minimum Gasteiger partial charge on any atom is -0.434 e. The maximum atomic E-state index is 14.1. The number of piperazine rings is 1. The lowest BCUT2D eigenvalue weighted by Gasteiger charge is -2.36. The molecule has 8 nitrogen and oxygen atoms in total. The first-order chi connectivity index (χ1) is 14.5. The molecule has 0 spiro atoms. The largest absolute Gasteiger partial charge is 0.434 e. The summed E-state index contributed by atoms with van der Waals surface area (Å²) in [6.07, 6.45) is 1.26. The SMILES string of the molecule is Cc1ccc(Oc2ncnc(N3CCN(c4ccccc4F)CC3)c2[N+](=O)[O-])cc1. The van der Waals surface area contributed by atoms with E-state index in [9.17, 15) is 14.5 Å². The highest BCUT2D eigenvalue weighted by atomic mass is 19.1. The lowest BCUT2D eigenvalue weighted by Crippen LogP contribution is -2.47. The molecular formula is C21H20FN5O3. The van der Waals surface area contributed by atoms with Crippen LogP contribution >= 0.6 is 0 Å². The molecule has 0 aliphatic carbocycles. The number of rotatable bonds is 5. The van der Waals surface area contributed by atoms with Crippen molar-refractivity contribution in [3.8, 4) is 11.6 Å². The number of nitro groups is 1. The van der Waals surface area contributed by atoms with Gasteiger partial charge in [0.2, 0.25) is 5.82 Å². The van der Waals surface area contributed by atoms with Crippen molar-refractivity contribution in [3.05, 3.63) is 76.4 Å². The highest BCUT2D eigenvalue weighted by Gasteiger charge is 2.31. The summed E-state index contributed by atoms with van der Waals surface area (Å²) >= 11 is 0. The summed E-state index contributed by atoms with van der Waals surface area (Å²) in [4.78, 5) is 23.2. The Bertz CT molecular complexity index is 1050. The smallest absolute Gasteiger partial charge is 0.373 e. The van der Waals surface area contributed by atoms with E-state index in [0.29, 0.717) is 37.6 Å². The van der Waals surface area contributed by atoms with Crippen LogP contribution in [0.25, 0.3) is 0 Å². The Morgan fingerprint density at radius 1 is 1.00 bits per heavy atom. The van der Waals surface area contributed by atoms with Gasteiger partial charge in [0, 0.05) is 26.2 Å². The molecule has 2 heterocycles. The molecule has 4 rings (SSSR count). The van der Waals surface area contributed by atoms with Gasteiger partial charge >= 0.3 is 11.6 Å². The van der Waals surface area contributed by atoms with Gasteiger partial charge in [-0.1, -0.05) is 29.8 Å². The Labute approximate surface area is 172 Å². The fourth-order valence-electron chi connectivity index (χ4n) is 3.41. The molecule has 30 heavy (non-hydrogen) atoms. The molecule has 1 saturated heterocycles. The van der Waals surface area contributed by atoms with Gasteiger partial charge in [-0.25, -0.2) is 9.37 Å². The number of hydrogen-bond donors (Lipinski definition) is 0. The third kappa shape index (κ3) is 4.00. The zero-order chi connectivity index (χ0) is 21.1. The van der Waals surface area contributed by atoms with Gasteiger partial charge in [0.25, 0.3) is 0 Å². The van der Waals surface area contributed by atoms with Crippen LogP contribution in [0.2, 0.25) is 0 Å². The van der Waals surface area contributed by atoms with E-state index >= 15 is 0 Å². The molecule has 0 bridgehead atoms. The first kappa shape index (κ1) is 19.6. The second-order valence-electron chi connectivity index (χ2n) is 6.95. The van der Waals surface area contributed by atoms with Gasteiger partial charge in [-0.3, -0.25) is 10.1 Å². The predicted octanol–water partition coefficient (Wildman–Crippen LogP) is 3.95. The lowest BCUT2D eigenvalue weighted by atomic mass is 10.2. The normalized spacial score (nSPS) is 13.9. The van der Waals surface area contributed by atoms with Crippen LogP contribution in [0.15, 0.2) is 54.9 Å². The Morgan fingerprint density at radius 2 is 1.67 bits per heavy atom. The molecular weight excluding hydrogens is 389 g/mol. The molecule has 3 aromatic rings. The molecule has 0 amide bonds. The number of halogens is 1. The number of nitrogens with zero attached hydrogens (tertiary/aromatic N) is 5. The van der Waals surface area contributed by atoms with Gasteiger partial charge in [-0.05, 0) is 31.2 Å². The van der Waals surface area contributed by atoms with Crippen LogP contribution in [-0.2, 0) is 0 Å². The summed E-state index contributed by atoms with van der Waals surface area (Å²) < 4.78 is 19.8. The number of ether oxygens (including phenoxy) is 1. The first-order valence-electron chi connectivity index (χ1n) is 9.51. The fourth-order valence-corrected chi connectivity index (χ4v) is 3.41. The second-order valence-corrected chi connectivity index (χ2v) is 6.95. The molecule has 2 aromatic carbocycles. The molecule has 1 aliphatic heterocycles. The second kappa shape index (κ2) is 8.32. The molecule has 154 valence electrons. The third-order valence-corrected chi connectivity index (χ3v) is 4.96. The number of aromatic nitrogens is 2. The fraction of sp³-hybridized carbons (Fsp3) is 0.238. The van der Waals surface area contributed by atoms with E-state index < -0.39 is 4.92 Å². The van der Waals surface area contributed by atoms with Crippen molar-refractivity contribution in [1.82, 2.24) is 9.97 Å². The monoisotopic (exact) mass is 409 g/mol. The van der Waals surface area contributed by atoms with Crippen LogP contribution in [0.5, 0.6) is 11.6 Å². The van der Waals surface area contributed by atoms with Crippen LogP contribution in [0.3, 0.4) is 0 Å². The summed E-state index contributed by atoms with van der Waals surface area (Å²) in [5.74, 6) is 0.265. The van der Waals surface area contributed by atoms with Crippen LogP contribution in [0.1, 0.15) is 5.56 Å². The van der Waals surface area contributed by atoms with Crippen LogP contribution in [0.4, 0.5) is 21.6 Å². The highest BCUT2D eigenvalue weighted by molar-refractivity contribution is 5.64. The summed E-state index contributed by atoms with van der Waals surface area (Å²) in [6.45, 7) is 3.87. The Morgan fingerprint density at radius 3 is 2.33 bits per heavy atom. The van der Waals surface area contributed by atoms with E-state index in [4.69, 9.17) is 4.74 Å². The minimum atomic E-state index is -0.526. The van der Waals surface area contributed by atoms with E-state index in [1.54, 1.807) is 35.2 Å². The number of para-hydroxylation sites is 1. The number of aryl methyl sites for hydroxylation is 1. The molecule has 1 aromatic heterocycles. The van der Waals surface area contributed by atoms with Gasteiger partial charge in [0.1, 0.15) is 17.9 Å². The molecule has 0 atom stereocenters. The summed E-state index contributed by atoms with van der Waals surface area (Å²) in [5, 5.41) is 11.8. The standard InChI is InChI=1S/C21H20FN5O3/c1-15-6-8-16(9-7-15)30-21-19(27(28)29)20(23-14-24-21)26-12-10-25(11-13-26)18-5-3-2-4-17(18)22/h2-9,14H,10-13H2,1H3. The maximum absolute atomic E-state index is 14.1. The van der Waals surface area contributed by atoms with Crippen LogP contribution < -0.4 is 14.5 Å². The number of benzene rings is 2. The molecule has 0 saturated carbocycles. The Hall–Kier alpha value is -3.75. The Balaban J connectivity index is 1.56. The molecule has 0 unspecified atom stereocenters. The van der Waals surface area contributed by atoms with E-state index in [0.717, 1.165) is 5.56 Å². The number of hydrogen-bond acceptors (Lipinski definition) is 7. The zero-order valence-electron chi connectivity index (χ0n) is 16.4. The van der Waals surface area contributed by atoms with E-state index in [1.165, 1.54) is 12.4 Å². The van der Waals surface area contributed by atoms with Crippen LogP contribution in [-0.4, -0.2) is 41.1 Å². The van der Waals surface area contributed by atoms with Crippen molar-refractivity contribution in [2.24, 2.45) is 0 Å². The average molecular weight is 409 g/mol. The van der Waals surface area contributed by atoms with Crippen molar-refractivity contribution < 1.29 is 14.1 Å². The van der Waals surface area contributed by atoms with Crippen molar-refractivity contribution in [2.75, 3.05) is 36.0 Å². The van der Waals surface area contributed by atoms with Crippen molar-refractivity contribution in [1.29, 1.82) is 0 Å². The quantitative estimate of drug-likeness (QED) is 0.466. The van der Waals surface area contributed by atoms with Crippen LogP contribution in [0, 0.1) is 22.9 Å². The molecule has 1 aliphatic rings. The number of anilines is 2. The van der Waals surface area contributed by atoms with E-state index in [1.807, 2.05) is 24.0 Å². The Kier molecular flexibility index (Phi) is 5.42. The maximum Gasteiger partial charge on any atom is 0.373 e. The minimum absolute atomic E-state index is 0.106. The molecule has 1 fully saturated rings. The van der Waals surface area contributed by atoms with Crippen molar-refractivity contribution in [2.45, 2.75) is 6.92 Å². The molecule has 0 radical (unpaired) electrons. The van der Waals surface area contributed by atoms with Gasteiger partial charge in [-0.15, -0.1) is 0 Å². The lowest BCUT2D eigenvalue weighted by molar-refractivity contribution is -0.385. The summed E-state index contributed by atoms with van der Waals surface area (Å²) in [5.41, 5.74) is 1.29. The van der Waals surface area contributed by atoms with Gasteiger partial charge in [0.15, 0.2) is 0 Å². The van der Waals surface area contributed by atoms with Gasteiger partial charge in [-0.2, -0.15) is 4.98 Å². The summed E-state index contributed by atoms with van der Waals surface area (Å²) in [7, 11) is 0. The highest BCUT2D eigenvalue weighted by Crippen LogP contribution is 2.36. The van der Waals surface area contributed by atoms with Crippen molar-refractivity contribution >= 4 is 17.2 Å². The first-order valence-corrected chi connectivity index (χ1v) is 9.51. The predicted molar refractivity (Wildman–Crippen MR) is 111 cm³/mol. The van der Waals surface area contributed by atoms with Gasteiger partial charge < -0.3 is 14.5 Å². The van der Waals surface area contributed by atoms with Crippen molar-refractivity contribution in [3.63, 3.8) is 0 Å². The molecule has 9 heteroatoms. The zero-order valence-corrected chi connectivity index (χ0v) is 16.4. The third-order valence-electron chi connectivity index (χ3n) is 4.96. The summed E-state index contributed by atoms with van der Waals surface area (Å²) in [6, 6.07) is 13.7. The van der Waals surface area contributed by atoms with Gasteiger partial charge in [0.05, 0.1) is 10.6 Å². The van der Waals surface area contributed by atoms with E-state index in [2.05, 4.69) is 9.97 Å². The van der Waals surface area contributed by atoms with E-state index in [-0.39, 0.29) is 23.2 Å². The topological polar surface area (TPSA) is 84.6 Å². The molecule has 0 N–H and O–H groups in total.